The number of hydrogen-bond acceptors (Lipinski definition) is 7. The number of nitrogens with zero attached hydrogens (tertiary/aromatic N) is 2. The SMILES string of the molecule is CCc1nsc(SCC(O)COC(C)COC)n1. The number of thioether (sulfide) groups is 1. The molecule has 1 aromatic rings. The average Bonchev–Trinajstić information content (AvgIpc) is 2.82. The van der Waals surface area contributed by atoms with E-state index in [1.807, 2.05) is 13.8 Å². The van der Waals surface area contributed by atoms with Crippen LogP contribution in [0.1, 0.15) is 19.7 Å². The first-order chi connectivity index (χ1) is 8.65. The maximum atomic E-state index is 9.76. The average molecular weight is 292 g/mol. The number of aliphatic hydroxyl groups is 1. The Morgan fingerprint density at radius 2 is 2.22 bits per heavy atom. The topological polar surface area (TPSA) is 64.5 Å². The molecule has 0 saturated carbocycles. The number of hydrogen-bond donors (Lipinski definition) is 1. The maximum absolute atomic E-state index is 9.76. The summed E-state index contributed by atoms with van der Waals surface area (Å²) in [5, 5.41) is 9.76. The molecule has 1 N–H and O–H groups in total. The van der Waals surface area contributed by atoms with Gasteiger partial charge in [-0.15, -0.1) is 0 Å². The third kappa shape index (κ3) is 6.10. The summed E-state index contributed by atoms with van der Waals surface area (Å²) in [4.78, 5) is 4.32. The standard InChI is InChI=1S/C11H20N2O3S2/c1-4-10-12-11(18-13-10)17-7-9(14)6-16-8(2)5-15-3/h8-9,14H,4-7H2,1-3H3. The van der Waals surface area contributed by atoms with Crippen LogP contribution in [0.25, 0.3) is 0 Å². The number of ether oxygens (including phenoxy) is 2. The Morgan fingerprint density at radius 1 is 1.44 bits per heavy atom. The predicted molar refractivity (Wildman–Crippen MR) is 73.3 cm³/mol. The maximum Gasteiger partial charge on any atom is 0.170 e. The summed E-state index contributed by atoms with van der Waals surface area (Å²) in [6.07, 6.45) is 0.350. The Labute approximate surface area is 116 Å². The van der Waals surface area contributed by atoms with Crippen molar-refractivity contribution in [1.82, 2.24) is 9.36 Å². The summed E-state index contributed by atoms with van der Waals surface area (Å²) >= 11 is 2.89. The van der Waals surface area contributed by atoms with Crippen molar-refractivity contribution in [3.05, 3.63) is 5.82 Å². The molecule has 0 bridgehead atoms. The zero-order chi connectivity index (χ0) is 13.4. The molecule has 2 atom stereocenters. The number of aromatic nitrogens is 2. The highest BCUT2D eigenvalue weighted by Crippen LogP contribution is 2.21. The van der Waals surface area contributed by atoms with E-state index < -0.39 is 6.10 Å². The van der Waals surface area contributed by atoms with Gasteiger partial charge in [0.05, 0.1) is 25.4 Å². The molecule has 104 valence electrons. The number of aryl methyl sites for hydroxylation is 1. The zero-order valence-corrected chi connectivity index (χ0v) is 12.6. The summed E-state index contributed by atoms with van der Waals surface area (Å²) in [5.74, 6) is 1.43. The molecular formula is C11H20N2O3S2. The minimum Gasteiger partial charge on any atom is -0.390 e. The van der Waals surface area contributed by atoms with Gasteiger partial charge in [0.15, 0.2) is 4.34 Å². The highest BCUT2D eigenvalue weighted by Gasteiger charge is 2.10. The Hall–Kier alpha value is -0.210. The second-order valence-corrected chi connectivity index (χ2v) is 5.91. The third-order valence-corrected chi connectivity index (χ3v) is 4.16. The Bertz CT molecular complexity index is 336. The second kappa shape index (κ2) is 8.82. The Balaban J connectivity index is 2.18. The van der Waals surface area contributed by atoms with Crippen LogP contribution in [0.5, 0.6) is 0 Å². The molecule has 18 heavy (non-hydrogen) atoms. The number of aliphatic hydroxyl groups excluding tert-OH is 1. The van der Waals surface area contributed by atoms with Crippen LogP contribution in [0, 0.1) is 0 Å². The lowest BCUT2D eigenvalue weighted by molar-refractivity contribution is -0.0257. The van der Waals surface area contributed by atoms with Gasteiger partial charge in [-0.2, -0.15) is 4.37 Å². The van der Waals surface area contributed by atoms with Crippen molar-refractivity contribution in [3.8, 4) is 0 Å². The molecule has 1 rings (SSSR count). The summed E-state index contributed by atoms with van der Waals surface area (Å²) in [7, 11) is 1.63. The van der Waals surface area contributed by atoms with Gasteiger partial charge in [-0.25, -0.2) is 4.98 Å². The van der Waals surface area contributed by atoms with Gasteiger partial charge in [-0.3, -0.25) is 0 Å². The molecule has 2 unspecified atom stereocenters. The van der Waals surface area contributed by atoms with Gasteiger partial charge in [0.1, 0.15) is 5.82 Å². The molecule has 0 aromatic carbocycles. The fraction of sp³-hybridized carbons (Fsp3) is 0.818. The fourth-order valence-electron chi connectivity index (χ4n) is 1.21. The van der Waals surface area contributed by atoms with E-state index in [0.29, 0.717) is 19.0 Å². The first-order valence-corrected chi connectivity index (χ1v) is 7.65. The van der Waals surface area contributed by atoms with E-state index in [-0.39, 0.29) is 6.10 Å². The Kier molecular flexibility index (Phi) is 7.76. The van der Waals surface area contributed by atoms with Crippen molar-refractivity contribution < 1.29 is 14.6 Å². The fourth-order valence-corrected chi connectivity index (χ4v) is 2.84. The molecule has 0 radical (unpaired) electrons. The lowest BCUT2D eigenvalue weighted by Gasteiger charge is -2.15. The number of methoxy groups -OCH3 is 1. The van der Waals surface area contributed by atoms with Gasteiger partial charge in [0.2, 0.25) is 0 Å². The quantitative estimate of drug-likeness (QED) is 0.698. The molecule has 0 aliphatic carbocycles. The van der Waals surface area contributed by atoms with Crippen molar-refractivity contribution in [2.75, 3.05) is 26.1 Å². The van der Waals surface area contributed by atoms with Crippen molar-refractivity contribution >= 4 is 23.3 Å². The lowest BCUT2D eigenvalue weighted by atomic mass is 10.4. The highest BCUT2D eigenvalue weighted by atomic mass is 32.2. The highest BCUT2D eigenvalue weighted by molar-refractivity contribution is 8.00. The molecule has 0 fully saturated rings. The molecular weight excluding hydrogens is 272 g/mol. The van der Waals surface area contributed by atoms with Crippen LogP contribution in [0.2, 0.25) is 0 Å². The minimum atomic E-state index is -0.497. The van der Waals surface area contributed by atoms with E-state index in [1.165, 1.54) is 23.3 Å². The van der Waals surface area contributed by atoms with Gasteiger partial charge >= 0.3 is 0 Å². The minimum absolute atomic E-state index is 0.00266. The monoisotopic (exact) mass is 292 g/mol. The van der Waals surface area contributed by atoms with Crippen molar-refractivity contribution in [1.29, 1.82) is 0 Å². The Morgan fingerprint density at radius 3 is 2.83 bits per heavy atom. The molecule has 5 nitrogen and oxygen atoms in total. The molecule has 0 amide bonds. The van der Waals surface area contributed by atoms with E-state index in [4.69, 9.17) is 9.47 Å². The van der Waals surface area contributed by atoms with E-state index in [2.05, 4.69) is 9.36 Å². The molecule has 0 aliphatic heterocycles. The normalized spacial score (nSPS) is 14.7. The van der Waals surface area contributed by atoms with Crippen LogP contribution in [-0.2, 0) is 15.9 Å². The molecule has 7 heteroatoms. The van der Waals surface area contributed by atoms with E-state index in [0.717, 1.165) is 16.6 Å². The lowest BCUT2D eigenvalue weighted by Crippen LogP contribution is -2.24. The van der Waals surface area contributed by atoms with Crippen LogP contribution in [0.4, 0.5) is 0 Å². The van der Waals surface area contributed by atoms with Crippen LogP contribution < -0.4 is 0 Å². The van der Waals surface area contributed by atoms with Crippen molar-refractivity contribution in [2.45, 2.75) is 36.8 Å². The van der Waals surface area contributed by atoms with Crippen LogP contribution in [-0.4, -0.2) is 52.7 Å². The molecule has 0 spiro atoms. The second-order valence-electron chi connectivity index (χ2n) is 3.89. The van der Waals surface area contributed by atoms with Gasteiger partial charge < -0.3 is 14.6 Å². The summed E-state index contributed by atoms with van der Waals surface area (Å²) in [5.41, 5.74) is 0. The van der Waals surface area contributed by atoms with Gasteiger partial charge in [0.25, 0.3) is 0 Å². The van der Waals surface area contributed by atoms with E-state index in [9.17, 15) is 5.11 Å². The molecule has 0 aliphatic rings. The third-order valence-electron chi connectivity index (χ3n) is 2.14. The van der Waals surface area contributed by atoms with E-state index in [1.54, 1.807) is 7.11 Å². The smallest absolute Gasteiger partial charge is 0.170 e. The first kappa shape index (κ1) is 15.8. The summed E-state index contributed by atoms with van der Waals surface area (Å²) in [6, 6.07) is 0. The number of rotatable bonds is 9. The first-order valence-electron chi connectivity index (χ1n) is 5.89. The van der Waals surface area contributed by atoms with E-state index >= 15 is 0 Å². The van der Waals surface area contributed by atoms with Crippen LogP contribution >= 0.6 is 23.3 Å². The van der Waals surface area contributed by atoms with Crippen LogP contribution in [0.3, 0.4) is 0 Å². The van der Waals surface area contributed by atoms with Crippen molar-refractivity contribution in [3.63, 3.8) is 0 Å². The van der Waals surface area contributed by atoms with Gasteiger partial charge in [0, 0.05) is 19.3 Å². The zero-order valence-electron chi connectivity index (χ0n) is 11.0. The molecule has 1 heterocycles. The largest absolute Gasteiger partial charge is 0.390 e. The van der Waals surface area contributed by atoms with Crippen molar-refractivity contribution in [2.24, 2.45) is 0 Å². The van der Waals surface area contributed by atoms with Gasteiger partial charge in [-0.05, 0) is 18.5 Å². The predicted octanol–water partition coefficient (Wildman–Crippen LogP) is 1.60. The summed E-state index contributed by atoms with van der Waals surface area (Å²) in [6.45, 7) is 4.80. The van der Waals surface area contributed by atoms with Crippen LogP contribution in [0.15, 0.2) is 4.34 Å². The van der Waals surface area contributed by atoms with Gasteiger partial charge in [-0.1, -0.05) is 18.7 Å². The summed E-state index contributed by atoms with van der Waals surface area (Å²) < 4.78 is 15.5. The molecule has 1 aromatic heterocycles. The molecule has 0 saturated heterocycles.